The first kappa shape index (κ1) is 11.0. The van der Waals surface area contributed by atoms with Crippen LogP contribution in [0.4, 0.5) is 0 Å². The lowest BCUT2D eigenvalue weighted by Crippen LogP contribution is -2.35. The lowest BCUT2D eigenvalue weighted by Gasteiger charge is -2.28. The molecule has 90 valence electrons. The van der Waals surface area contributed by atoms with Gasteiger partial charge < -0.3 is 4.90 Å². The SMILES string of the molecule is O=[11C](c1ccccc1)N1CCc2ccccc2C1. The fourth-order valence-electron chi connectivity index (χ4n) is 2.43. The van der Waals surface area contributed by atoms with E-state index in [9.17, 15) is 4.79 Å². The first-order valence-corrected chi connectivity index (χ1v) is 6.26. The van der Waals surface area contributed by atoms with Gasteiger partial charge in [0.05, 0.1) is 0 Å². The molecular formula is C16H15NO. The number of nitrogens with zero attached hydrogens (tertiary/aromatic N) is 1. The van der Waals surface area contributed by atoms with Gasteiger partial charge in [0.15, 0.2) is 0 Å². The molecule has 0 atom stereocenters. The largest absolute Gasteiger partial charge is 0.334 e. The van der Waals surface area contributed by atoms with Crippen LogP contribution in [0.25, 0.3) is 0 Å². The molecule has 0 aliphatic carbocycles. The van der Waals surface area contributed by atoms with Crippen molar-refractivity contribution in [2.75, 3.05) is 6.54 Å². The van der Waals surface area contributed by atoms with Gasteiger partial charge in [-0.3, -0.25) is 4.79 Å². The van der Waals surface area contributed by atoms with Crippen molar-refractivity contribution < 1.29 is 4.79 Å². The van der Waals surface area contributed by atoms with E-state index in [4.69, 9.17) is 0 Å². The number of hydrogen-bond acceptors (Lipinski definition) is 1. The lowest BCUT2D eigenvalue weighted by molar-refractivity contribution is 0.0734. The van der Waals surface area contributed by atoms with Gasteiger partial charge in [-0.05, 0) is 29.7 Å². The lowest BCUT2D eigenvalue weighted by atomic mass is 9.83. The van der Waals surface area contributed by atoms with Gasteiger partial charge in [-0.1, -0.05) is 42.5 Å². The van der Waals surface area contributed by atoms with Crippen molar-refractivity contribution in [2.24, 2.45) is 0 Å². The van der Waals surface area contributed by atoms with Crippen LogP contribution in [0, 0.1) is 0 Å². The van der Waals surface area contributed by atoms with Crippen LogP contribution in [0.3, 0.4) is 0 Å². The number of rotatable bonds is 1. The molecule has 2 nitrogen and oxygen atoms in total. The second-order valence-corrected chi connectivity index (χ2v) is 4.61. The van der Waals surface area contributed by atoms with Crippen molar-refractivity contribution in [1.82, 2.24) is 4.90 Å². The molecule has 2 heteroatoms. The number of fused-ring (bicyclic) bond motifs is 1. The van der Waals surface area contributed by atoms with Gasteiger partial charge in [0.2, 0.25) is 0 Å². The smallest absolute Gasteiger partial charge is 0.254 e. The van der Waals surface area contributed by atoms with Gasteiger partial charge in [-0.15, -0.1) is 0 Å². The molecule has 0 saturated heterocycles. The van der Waals surface area contributed by atoms with Crippen molar-refractivity contribution in [3.05, 3.63) is 71.3 Å². The number of carbonyl (C=O) groups excluding carboxylic acids is 1. The molecule has 0 bridgehead atoms. The molecule has 0 fully saturated rings. The van der Waals surface area contributed by atoms with Crippen LogP contribution in [0.5, 0.6) is 0 Å². The van der Waals surface area contributed by atoms with Crippen LogP contribution < -0.4 is 0 Å². The highest BCUT2D eigenvalue weighted by Crippen LogP contribution is 2.20. The van der Waals surface area contributed by atoms with E-state index in [0.29, 0.717) is 0 Å². The number of hydrogen-bond donors (Lipinski definition) is 0. The van der Waals surface area contributed by atoms with Crippen molar-refractivity contribution in [2.45, 2.75) is 13.0 Å². The zero-order chi connectivity index (χ0) is 12.4. The molecule has 3 rings (SSSR count). The van der Waals surface area contributed by atoms with Crippen molar-refractivity contribution >= 4 is 5.91 Å². The molecule has 0 saturated carbocycles. The van der Waals surface area contributed by atoms with E-state index >= 15 is 0 Å². The van der Waals surface area contributed by atoms with Crippen molar-refractivity contribution in [3.63, 3.8) is 0 Å². The Hall–Kier alpha value is -2.09. The second kappa shape index (κ2) is 4.65. The Balaban J connectivity index is 1.82. The Morgan fingerprint density at radius 3 is 2.33 bits per heavy atom. The van der Waals surface area contributed by atoms with E-state index < -0.39 is 0 Å². The van der Waals surface area contributed by atoms with Gasteiger partial charge in [-0.25, -0.2) is 0 Å². The summed E-state index contributed by atoms with van der Waals surface area (Å²) in [6.07, 6.45) is 0.953. The maximum atomic E-state index is 12.3. The first-order chi connectivity index (χ1) is 8.84. The molecule has 0 N–H and O–H groups in total. The summed E-state index contributed by atoms with van der Waals surface area (Å²) in [5.41, 5.74) is 3.42. The van der Waals surface area contributed by atoms with Crippen LogP contribution in [-0.2, 0) is 13.0 Å². The quantitative estimate of drug-likeness (QED) is 0.745. The zero-order valence-corrected chi connectivity index (χ0v) is 10.2. The van der Waals surface area contributed by atoms with Crippen LogP contribution in [0.1, 0.15) is 21.5 Å². The van der Waals surface area contributed by atoms with E-state index in [2.05, 4.69) is 18.2 Å². The van der Waals surface area contributed by atoms with E-state index in [0.717, 1.165) is 25.1 Å². The van der Waals surface area contributed by atoms with E-state index in [-0.39, 0.29) is 5.91 Å². The van der Waals surface area contributed by atoms with Crippen LogP contribution in [0.2, 0.25) is 0 Å². The van der Waals surface area contributed by atoms with Crippen molar-refractivity contribution in [3.8, 4) is 0 Å². The number of amides is 1. The summed E-state index contributed by atoms with van der Waals surface area (Å²) in [5, 5.41) is 0. The molecule has 0 unspecified atom stereocenters. The summed E-state index contributed by atoms with van der Waals surface area (Å²) in [7, 11) is 0. The fraction of sp³-hybridized carbons (Fsp3) is 0.188. The third-order valence-electron chi connectivity index (χ3n) is 3.44. The predicted molar refractivity (Wildman–Crippen MR) is 71.3 cm³/mol. The maximum absolute atomic E-state index is 12.3. The highest BCUT2D eigenvalue weighted by atomic mass is 16.1. The third-order valence-corrected chi connectivity index (χ3v) is 3.44. The molecule has 0 spiro atoms. The van der Waals surface area contributed by atoms with Crippen LogP contribution >= 0.6 is 0 Å². The molecule has 0 aromatic heterocycles. The molecular weight excluding hydrogens is 221 g/mol. The Bertz CT molecular complexity index is 562. The minimum atomic E-state index is 0.130. The maximum Gasteiger partial charge on any atom is 0.254 e. The topological polar surface area (TPSA) is 20.3 Å². The summed E-state index contributed by atoms with van der Waals surface area (Å²) >= 11 is 0. The zero-order valence-electron chi connectivity index (χ0n) is 10.2. The minimum absolute atomic E-state index is 0.130. The standard InChI is InChI=1S/C16H15NO/c18-16(14-7-2-1-3-8-14)17-11-10-13-6-4-5-9-15(13)12-17/h1-9H,10-12H2/i16-1. The van der Waals surface area contributed by atoms with E-state index in [1.54, 1.807) is 0 Å². The summed E-state index contributed by atoms with van der Waals surface area (Å²) in [5.74, 6) is 0.130. The molecule has 1 amide bonds. The summed E-state index contributed by atoms with van der Waals surface area (Å²) in [6.45, 7) is 1.54. The predicted octanol–water partition coefficient (Wildman–Crippen LogP) is 2.89. The fourth-order valence-corrected chi connectivity index (χ4v) is 2.43. The van der Waals surface area contributed by atoms with E-state index in [1.165, 1.54) is 11.1 Å². The third kappa shape index (κ3) is 2.02. The molecule has 0 radical (unpaired) electrons. The summed E-state index contributed by atoms with van der Waals surface area (Å²) in [4.78, 5) is 14.3. The van der Waals surface area contributed by atoms with Gasteiger partial charge >= 0.3 is 0 Å². The number of benzene rings is 2. The Labute approximate surface area is 107 Å². The van der Waals surface area contributed by atoms with Gasteiger partial charge in [0.1, 0.15) is 0 Å². The average molecular weight is 236 g/mol. The highest BCUT2D eigenvalue weighted by Gasteiger charge is 2.20. The van der Waals surface area contributed by atoms with Gasteiger partial charge in [0.25, 0.3) is 5.91 Å². The Morgan fingerprint density at radius 1 is 0.889 bits per heavy atom. The molecule has 1 aliphatic heterocycles. The highest BCUT2D eigenvalue weighted by molar-refractivity contribution is 5.94. The monoisotopic (exact) mass is 236 g/mol. The Kier molecular flexibility index (Phi) is 2.85. The minimum Gasteiger partial charge on any atom is -0.334 e. The molecule has 1 aliphatic rings. The second-order valence-electron chi connectivity index (χ2n) is 4.61. The summed E-state index contributed by atoms with van der Waals surface area (Å²) < 4.78 is 0. The first-order valence-electron chi connectivity index (χ1n) is 6.26. The van der Waals surface area contributed by atoms with E-state index in [1.807, 2.05) is 41.3 Å². The molecule has 1 heterocycles. The van der Waals surface area contributed by atoms with Crippen molar-refractivity contribution in [1.29, 1.82) is 0 Å². The normalized spacial score (nSPS) is 14.1. The molecule has 2 aromatic carbocycles. The Morgan fingerprint density at radius 2 is 1.56 bits per heavy atom. The average Bonchev–Trinajstić information content (AvgIpc) is 2.47. The van der Waals surface area contributed by atoms with Crippen LogP contribution in [-0.4, -0.2) is 17.4 Å². The van der Waals surface area contributed by atoms with Gasteiger partial charge in [-0.2, -0.15) is 0 Å². The summed E-state index contributed by atoms with van der Waals surface area (Å²) in [6, 6.07) is 17.9. The number of carbonyl (C=O) groups is 1. The van der Waals surface area contributed by atoms with Crippen LogP contribution in [0.15, 0.2) is 54.6 Å². The van der Waals surface area contributed by atoms with Gasteiger partial charge in [0, 0.05) is 18.7 Å². The molecule has 2 aromatic rings. The molecule has 18 heavy (non-hydrogen) atoms.